The Balaban J connectivity index is 2.60. The molecule has 1 saturated carbocycles. The van der Waals surface area contributed by atoms with Crippen molar-refractivity contribution in [2.75, 3.05) is 13.6 Å². The highest BCUT2D eigenvalue weighted by Gasteiger charge is 2.29. The van der Waals surface area contributed by atoms with Gasteiger partial charge in [0.05, 0.1) is 0 Å². The van der Waals surface area contributed by atoms with Gasteiger partial charge in [-0.15, -0.1) is 0 Å². The summed E-state index contributed by atoms with van der Waals surface area (Å²) in [5.74, 6) is 0.949. The van der Waals surface area contributed by atoms with Gasteiger partial charge in [-0.1, -0.05) is 34.1 Å². The number of hydrogen-bond acceptors (Lipinski definition) is 2. The second-order valence-corrected chi connectivity index (χ2v) is 6.90. The van der Waals surface area contributed by atoms with Crippen molar-refractivity contribution >= 4 is 0 Å². The standard InChI is InChI=1S/C18H38N2/c1-6-9-17(19-14-7-2)18(8-3)20(5)16-12-10-15(4)11-13-16/h15-19H,6-14H2,1-5H3. The SMILES string of the molecule is CCCNC(CCC)C(CC)N(C)C1CCC(C)CC1. The summed E-state index contributed by atoms with van der Waals surface area (Å²) in [5.41, 5.74) is 0. The lowest BCUT2D eigenvalue weighted by atomic mass is 9.85. The maximum absolute atomic E-state index is 3.81. The third kappa shape index (κ3) is 5.37. The van der Waals surface area contributed by atoms with Crippen molar-refractivity contribution in [3.63, 3.8) is 0 Å². The molecule has 2 heteroatoms. The minimum absolute atomic E-state index is 0.675. The van der Waals surface area contributed by atoms with E-state index in [0.29, 0.717) is 12.1 Å². The van der Waals surface area contributed by atoms with Gasteiger partial charge in [-0.2, -0.15) is 0 Å². The summed E-state index contributed by atoms with van der Waals surface area (Å²) < 4.78 is 0. The quantitative estimate of drug-likeness (QED) is 0.672. The average Bonchev–Trinajstić information content (AvgIpc) is 2.46. The molecule has 0 aromatic rings. The Morgan fingerprint density at radius 1 is 1.05 bits per heavy atom. The Labute approximate surface area is 127 Å². The van der Waals surface area contributed by atoms with E-state index < -0.39 is 0 Å². The van der Waals surface area contributed by atoms with Crippen LogP contribution in [0.25, 0.3) is 0 Å². The van der Waals surface area contributed by atoms with Crippen LogP contribution < -0.4 is 5.32 Å². The van der Waals surface area contributed by atoms with E-state index in [9.17, 15) is 0 Å². The first-order chi connectivity index (χ1) is 9.63. The fraction of sp³-hybridized carbons (Fsp3) is 1.00. The van der Waals surface area contributed by atoms with E-state index in [-0.39, 0.29) is 0 Å². The van der Waals surface area contributed by atoms with Crippen LogP contribution in [-0.2, 0) is 0 Å². The number of hydrogen-bond donors (Lipinski definition) is 1. The highest BCUT2D eigenvalue weighted by molar-refractivity contribution is 4.87. The third-order valence-corrected chi connectivity index (χ3v) is 5.22. The van der Waals surface area contributed by atoms with Crippen LogP contribution in [0.3, 0.4) is 0 Å². The molecule has 20 heavy (non-hydrogen) atoms. The maximum atomic E-state index is 3.81. The van der Waals surface area contributed by atoms with Crippen LogP contribution in [-0.4, -0.2) is 36.6 Å². The summed E-state index contributed by atoms with van der Waals surface area (Å²) >= 11 is 0. The summed E-state index contributed by atoms with van der Waals surface area (Å²) in [5, 5.41) is 3.81. The zero-order valence-corrected chi connectivity index (χ0v) is 14.6. The van der Waals surface area contributed by atoms with Crippen molar-refractivity contribution in [3.8, 4) is 0 Å². The molecule has 0 radical (unpaired) electrons. The van der Waals surface area contributed by atoms with Gasteiger partial charge in [0.25, 0.3) is 0 Å². The van der Waals surface area contributed by atoms with Crippen LogP contribution >= 0.6 is 0 Å². The molecule has 1 rings (SSSR count). The second-order valence-electron chi connectivity index (χ2n) is 6.90. The summed E-state index contributed by atoms with van der Waals surface area (Å²) in [6.07, 6.45) is 10.8. The fourth-order valence-electron chi connectivity index (χ4n) is 3.85. The Morgan fingerprint density at radius 3 is 2.20 bits per heavy atom. The first-order valence-electron chi connectivity index (χ1n) is 9.09. The molecular formula is C18H38N2. The third-order valence-electron chi connectivity index (χ3n) is 5.22. The van der Waals surface area contributed by atoms with Crippen molar-refractivity contribution in [1.29, 1.82) is 0 Å². The van der Waals surface area contributed by atoms with Crippen LogP contribution in [0.4, 0.5) is 0 Å². The van der Waals surface area contributed by atoms with Crippen molar-refractivity contribution < 1.29 is 0 Å². The molecule has 1 aliphatic carbocycles. The van der Waals surface area contributed by atoms with Crippen LogP contribution in [0.15, 0.2) is 0 Å². The van der Waals surface area contributed by atoms with Gasteiger partial charge in [0.15, 0.2) is 0 Å². The lowest BCUT2D eigenvalue weighted by Gasteiger charge is -2.42. The molecule has 1 aliphatic rings. The predicted molar refractivity (Wildman–Crippen MR) is 90.3 cm³/mol. The van der Waals surface area contributed by atoms with Gasteiger partial charge in [-0.3, -0.25) is 4.90 Å². The summed E-state index contributed by atoms with van der Waals surface area (Å²) in [7, 11) is 2.38. The first-order valence-corrected chi connectivity index (χ1v) is 9.09. The van der Waals surface area contributed by atoms with Gasteiger partial charge in [0, 0.05) is 18.1 Å². The first kappa shape index (κ1) is 18.0. The molecule has 2 unspecified atom stereocenters. The minimum atomic E-state index is 0.675. The Kier molecular flexibility index (Phi) is 8.79. The Hall–Kier alpha value is -0.0800. The molecule has 0 spiro atoms. The van der Waals surface area contributed by atoms with Gasteiger partial charge in [-0.05, 0) is 64.5 Å². The summed E-state index contributed by atoms with van der Waals surface area (Å²) in [6.45, 7) is 10.5. The molecular weight excluding hydrogens is 244 g/mol. The highest BCUT2D eigenvalue weighted by Crippen LogP contribution is 2.29. The van der Waals surface area contributed by atoms with E-state index in [4.69, 9.17) is 0 Å². The largest absolute Gasteiger partial charge is 0.312 e. The van der Waals surface area contributed by atoms with E-state index in [1.54, 1.807) is 0 Å². The minimum Gasteiger partial charge on any atom is -0.312 e. The summed E-state index contributed by atoms with van der Waals surface area (Å²) in [4.78, 5) is 2.72. The molecule has 2 atom stereocenters. The number of likely N-dealkylation sites (N-methyl/N-ethyl adjacent to an activating group) is 1. The number of rotatable bonds is 9. The molecule has 0 bridgehead atoms. The second kappa shape index (κ2) is 9.78. The molecule has 0 aliphatic heterocycles. The molecule has 0 aromatic heterocycles. The van der Waals surface area contributed by atoms with Crippen LogP contribution in [0.5, 0.6) is 0 Å². The highest BCUT2D eigenvalue weighted by atomic mass is 15.2. The lowest BCUT2D eigenvalue weighted by molar-refractivity contribution is 0.0938. The topological polar surface area (TPSA) is 15.3 Å². The van der Waals surface area contributed by atoms with Gasteiger partial charge < -0.3 is 5.32 Å². The zero-order valence-electron chi connectivity index (χ0n) is 14.6. The molecule has 0 amide bonds. The van der Waals surface area contributed by atoms with Crippen molar-refractivity contribution in [1.82, 2.24) is 10.2 Å². The van der Waals surface area contributed by atoms with Gasteiger partial charge in [0.2, 0.25) is 0 Å². The molecule has 0 aromatic carbocycles. The molecule has 0 saturated heterocycles. The van der Waals surface area contributed by atoms with Crippen molar-refractivity contribution in [2.45, 2.75) is 97.2 Å². The average molecular weight is 283 g/mol. The normalized spacial score (nSPS) is 26.7. The van der Waals surface area contributed by atoms with Gasteiger partial charge >= 0.3 is 0 Å². The van der Waals surface area contributed by atoms with E-state index in [1.807, 2.05) is 0 Å². The number of nitrogens with one attached hydrogen (secondary N) is 1. The lowest BCUT2D eigenvalue weighted by Crippen LogP contribution is -2.52. The zero-order chi connectivity index (χ0) is 15.0. The molecule has 1 fully saturated rings. The van der Waals surface area contributed by atoms with Crippen molar-refractivity contribution in [3.05, 3.63) is 0 Å². The predicted octanol–water partition coefficient (Wildman–Crippen LogP) is 4.44. The van der Waals surface area contributed by atoms with Crippen LogP contribution in [0.1, 0.15) is 79.1 Å². The number of nitrogens with zero attached hydrogens (tertiary/aromatic N) is 1. The summed E-state index contributed by atoms with van der Waals surface area (Å²) in [6, 6.07) is 2.20. The molecule has 2 nitrogen and oxygen atoms in total. The smallest absolute Gasteiger partial charge is 0.0246 e. The van der Waals surface area contributed by atoms with Gasteiger partial charge in [0.1, 0.15) is 0 Å². The monoisotopic (exact) mass is 282 g/mol. The Bertz CT molecular complexity index is 234. The van der Waals surface area contributed by atoms with E-state index >= 15 is 0 Å². The molecule has 1 N–H and O–H groups in total. The van der Waals surface area contributed by atoms with Crippen LogP contribution in [0, 0.1) is 5.92 Å². The van der Waals surface area contributed by atoms with E-state index in [2.05, 4.69) is 45.0 Å². The molecule has 120 valence electrons. The Morgan fingerprint density at radius 2 is 1.70 bits per heavy atom. The van der Waals surface area contributed by atoms with E-state index in [1.165, 1.54) is 51.4 Å². The maximum Gasteiger partial charge on any atom is 0.0246 e. The van der Waals surface area contributed by atoms with E-state index in [0.717, 1.165) is 18.5 Å². The van der Waals surface area contributed by atoms with Crippen LogP contribution in [0.2, 0.25) is 0 Å². The van der Waals surface area contributed by atoms with Crippen molar-refractivity contribution in [2.24, 2.45) is 5.92 Å². The van der Waals surface area contributed by atoms with Gasteiger partial charge in [-0.25, -0.2) is 0 Å². The fourth-order valence-corrected chi connectivity index (χ4v) is 3.85. The molecule has 0 heterocycles.